The van der Waals surface area contributed by atoms with Crippen LogP contribution in [0, 0.1) is 10.7 Å². The number of aromatic amines is 1. The Morgan fingerprint density at radius 3 is 2.85 bits per heavy atom. The lowest BCUT2D eigenvalue weighted by atomic mass is 10.1. The van der Waals surface area contributed by atoms with Crippen LogP contribution in [0.5, 0.6) is 0 Å². The predicted octanol–water partition coefficient (Wildman–Crippen LogP) is 3.21. The van der Waals surface area contributed by atoms with E-state index in [1.807, 2.05) is 22.8 Å². The van der Waals surface area contributed by atoms with Crippen LogP contribution < -0.4 is 0 Å². The topological polar surface area (TPSA) is 59.4 Å². The minimum Gasteiger partial charge on any atom is -0.300 e. The van der Waals surface area contributed by atoms with Crippen LogP contribution in [0.25, 0.3) is 22.4 Å². The van der Waals surface area contributed by atoms with Crippen molar-refractivity contribution in [2.75, 3.05) is 0 Å². The quantitative estimate of drug-likeness (QED) is 0.751. The highest BCUT2D eigenvalue weighted by Gasteiger charge is 2.13. The van der Waals surface area contributed by atoms with E-state index in [-0.39, 0.29) is 0 Å². The lowest BCUT2D eigenvalue weighted by Crippen LogP contribution is -2.06. The van der Waals surface area contributed by atoms with Gasteiger partial charge < -0.3 is 0 Å². The van der Waals surface area contributed by atoms with Gasteiger partial charge in [-0.25, -0.2) is 0 Å². The molecule has 1 aromatic carbocycles. The number of aromatic nitrogens is 5. The summed E-state index contributed by atoms with van der Waals surface area (Å²) in [5.74, 6) is 1.30. The van der Waals surface area contributed by atoms with Gasteiger partial charge in [-0.2, -0.15) is 5.10 Å². The molecule has 0 spiro atoms. The summed E-state index contributed by atoms with van der Waals surface area (Å²) in [5, 5.41) is 7.24. The summed E-state index contributed by atoms with van der Waals surface area (Å²) in [6.07, 6.45) is 3.39. The van der Waals surface area contributed by atoms with Crippen LogP contribution in [-0.2, 0) is 6.54 Å². The third-order valence-electron chi connectivity index (χ3n) is 3.05. The molecule has 20 heavy (non-hydrogen) atoms. The van der Waals surface area contributed by atoms with Crippen LogP contribution in [0.3, 0.4) is 0 Å². The van der Waals surface area contributed by atoms with Crippen LogP contribution in [0.4, 0.5) is 0 Å². The van der Waals surface area contributed by atoms with Crippen molar-refractivity contribution in [2.24, 2.45) is 5.92 Å². The smallest absolute Gasteiger partial charge is 0.195 e. The van der Waals surface area contributed by atoms with Gasteiger partial charge in [-0.15, -0.1) is 0 Å². The lowest BCUT2D eigenvalue weighted by molar-refractivity contribution is 0.521. The summed E-state index contributed by atoms with van der Waals surface area (Å²) in [6, 6.07) is 5.91. The third-order valence-corrected chi connectivity index (χ3v) is 3.36. The number of H-pyrrole nitrogens is 1. The SMILES string of the molecule is CC(C)Cn1c(-c2cccc3nccnc23)n[nH]c1=S. The van der Waals surface area contributed by atoms with Crippen molar-refractivity contribution in [1.29, 1.82) is 0 Å². The predicted molar refractivity (Wildman–Crippen MR) is 80.8 cm³/mol. The molecule has 0 bridgehead atoms. The summed E-state index contributed by atoms with van der Waals surface area (Å²) in [6.45, 7) is 5.13. The number of hydrogen-bond donors (Lipinski definition) is 1. The highest BCUT2D eigenvalue weighted by atomic mass is 32.1. The van der Waals surface area contributed by atoms with Crippen molar-refractivity contribution >= 4 is 23.3 Å². The molecule has 5 nitrogen and oxygen atoms in total. The Morgan fingerprint density at radius 1 is 1.25 bits per heavy atom. The second kappa shape index (κ2) is 5.13. The highest BCUT2D eigenvalue weighted by molar-refractivity contribution is 7.71. The maximum atomic E-state index is 5.32. The monoisotopic (exact) mass is 285 g/mol. The number of para-hydroxylation sites is 1. The average molecular weight is 285 g/mol. The van der Waals surface area contributed by atoms with Gasteiger partial charge in [-0.05, 0) is 30.3 Å². The van der Waals surface area contributed by atoms with Crippen LogP contribution in [0.15, 0.2) is 30.6 Å². The summed E-state index contributed by atoms with van der Waals surface area (Å²) in [5.41, 5.74) is 2.65. The molecule has 0 saturated carbocycles. The summed E-state index contributed by atoms with van der Waals surface area (Å²) in [4.78, 5) is 8.75. The summed E-state index contributed by atoms with van der Waals surface area (Å²) < 4.78 is 2.65. The van der Waals surface area contributed by atoms with Crippen molar-refractivity contribution in [3.8, 4) is 11.4 Å². The van der Waals surface area contributed by atoms with Crippen molar-refractivity contribution < 1.29 is 0 Å². The molecule has 3 rings (SSSR count). The average Bonchev–Trinajstić information content (AvgIpc) is 2.79. The summed E-state index contributed by atoms with van der Waals surface area (Å²) in [7, 11) is 0. The first-order valence-corrected chi connectivity index (χ1v) is 6.93. The molecule has 3 aromatic rings. The molecular weight excluding hydrogens is 270 g/mol. The Morgan fingerprint density at radius 2 is 2.05 bits per heavy atom. The van der Waals surface area contributed by atoms with Crippen molar-refractivity contribution in [3.63, 3.8) is 0 Å². The second-order valence-electron chi connectivity index (χ2n) is 5.09. The van der Waals surface area contributed by atoms with Crippen LogP contribution in [0.1, 0.15) is 13.8 Å². The van der Waals surface area contributed by atoms with E-state index < -0.39 is 0 Å². The van der Waals surface area contributed by atoms with Crippen LogP contribution in [-0.4, -0.2) is 24.7 Å². The Balaban J connectivity index is 2.24. The molecule has 0 aliphatic heterocycles. The van der Waals surface area contributed by atoms with Gasteiger partial charge in [0.25, 0.3) is 0 Å². The zero-order valence-corrected chi connectivity index (χ0v) is 12.2. The number of fused-ring (bicyclic) bond motifs is 1. The normalized spacial score (nSPS) is 11.3. The van der Waals surface area contributed by atoms with Gasteiger partial charge in [0.2, 0.25) is 0 Å². The van der Waals surface area contributed by atoms with Crippen LogP contribution >= 0.6 is 12.2 Å². The van der Waals surface area contributed by atoms with Crippen LogP contribution in [0.2, 0.25) is 0 Å². The van der Waals surface area contributed by atoms with E-state index in [1.54, 1.807) is 12.4 Å². The van der Waals surface area contributed by atoms with Gasteiger partial charge in [0.05, 0.1) is 11.0 Å². The van der Waals surface area contributed by atoms with E-state index >= 15 is 0 Å². The molecule has 6 heteroatoms. The number of hydrogen-bond acceptors (Lipinski definition) is 4. The van der Waals surface area contributed by atoms with Gasteiger partial charge in [-0.1, -0.05) is 19.9 Å². The molecule has 0 amide bonds. The first-order valence-electron chi connectivity index (χ1n) is 6.52. The fraction of sp³-hybridized carbons (Fsp3) is 0.286. The van der Waals surface area contributed by atoms with E-state index in [9.17, 15) is 0 Å². The second-order valence-corrected chi connectivity index (χ2v) is 5.47. The number of nitrogens with zero attached hydrogens (tertiary/aromatic N) is 4. The molecule has 102 valence electrons. The standard InChI is InChI=1S/C14H15N5S/c1-9(2)8-19-13(17-18-14(19)20)10-4-3-5-11-12(10)16-7-6-15-11/h3-7,9H,8H2,1-2H3,(H,18,20). The van der Waals surface area contributed by atoms with Gasteiger partial charge in [0.1, 0.15) is 0 Å². The van der Waals surface area contributed by atoms with Gasteiger partial charge >= 0.3 is 0 Å². The van der Waals surface area contributed by atoms with Crippen molar-refractivity contribution in [1.82, 2.24) is 24.7 Å². The minimum absolute atomic E-state index is 0.485. The highest BCUT2D eigenvalue weighted by Crippen LogP contribution is 2.25. The number of benzene rings is 1. The largest absolute Gasteiger partial charge is 0.300 e. The molecule has 0 atom stereocenters. The van der Waals surface area contributed by atoms with E-state index in [0.717, 1.165) is 29.0 Å². The number of nitrogens with one attached hydrogen (secondary N) is 1. The molecule has 1 N–H and O–H groups in total. The maximum Gasteiger partial charge on any atom is 0.195 e. The summed E-state index contributed by atoms with van der Waals surface area (Å²) >= 11 is 5.32. The van der Waals surface area contributed by atoms with E-state index in [0.29, 0.717) is 10.7 Å². The molecule has 2 aromatic heterocycles. The van der Waals surface area contributed by atoms with E-state index in [4.69, 9.17) is 12.2 Å². The first kappa shape index (κ1) is 12.9. The third kappa shape index (κ3) is 2.22. The fourth-order valence-electron chi connectivity index (χ4n) is 2.23. The number of rotatable bonds is 3. The van der Waals surface area contributed by atoms with Gasteiger partial charge in [-0.3, -0.25) is 19.6 Å². The molecule has 0 aliphatic rings. The zero-order valence-electron chi connectivity index (χ0n) is 11.4. The van der Waals surface area contributed by atoms with Gasteiger partial charge in [0, 0.05) is 24.5 Å². The molecule has 0 saturated heterocycles. The molecule has 0 aliphatic carbocycles. The molecule has 0 radical (unpaired) electrons. The molecular formula is C14H15N5S. The molecule has 2 heterocycles. The maximum absolute atomic E-state index is 5.32. The molecule has 0 unspecified atom stereocenters. The zero-order chi connectivity index (χ0) is 14.1. The van der Waals surface area contributed by atoms with Crippen molar-refractivity contribution in [3.05, 3.63) is 35.4 Å². The van der Waals surface area contributed by atoms with Gasteiger partial charge in [0.15, 0.2) is 10.6 Å². The Hall–Kier alpha value is -2.08. The van der Waals surface area contributed by atoms with Crippen molar-refractivity contribution in [2.45, 2.75) is 20.4 Å². The fourth-order valence-corrected chi connectivity index (χ4v) is 2.44. The lowest BCUT2D eigenvalue weighted by Gasteiger charge is -2.10. The van der Waals surface area contributed by atoms with E-state index in [2.05, 4.69) is 34.0 Å². The minimum atomic E-state index is 0.485. The Labute approximate surface area is 121 Å². The first-order chi connectivity index (χ1) is 9.66. The Bertz CT molecular complexity index is 797. The Kier molecular flexibility index (Phi) is 3.31. The molecule has 0 fully saturated rings. The van der Waals surface area contributed by atoms with E-state index in [1.165, 1.54) is 0 Å².